The van der Waals surface area contributed by atoms with E-state index in [9.17, 15) is 18.0 Å². The van der Waals surface area contributed by atoms with Crippen molar-refractivity contribution in [2.75, 3.05) is 0 Å². The quantitative estimate of drug-likeness (QED) is 0.611. The summed E-state index contributed by atoms with van der Waals surface area (Å²) in [4.78, 5) is 16.8. The van der Waals surface area contributed by atoms with Crippen LogP contribution >= 0.6 is 11.8 Å². The Morgan fingerprint density at radius 2 is 1.87 bits per heavy atom. The molecule has 156 valence electrons. The summed E-state index contributed by atoms with van der Waals surface area (Å²) in [5.74, 6) is 0.422. The van der Waals surface area contributed by atoms with Gasteiger partial charge in [-0.05, 0) is 79.4 Å². The number of benzene rings is 2. The molecule has 0 aromatic heterocycles. The van der Waals surface area contributed by atoms with E-state index in [1.165, 1.54) is 25.0 Å². The van der Waals surface area contributed by atoms with Gasteiger partial charge in [0.15, 0.2) is 5.17 Å². The highest BCUT2D eigenvalue weighted by Crippen LogP contribution is 2.33. The molecule has 1 aliphatic heterocycles. The number of amides is 1. The first kappa shape index (κ1) is 20.5. The van der Waals surface area contributed by atoms with Crippen LogP contribution in [0.15, 0.2) is 58.4 Å². The largest absolute Gasteiger partial charge is 0.490 e. The number of aliphatic imine (C=N–C) groups is 1. The van der Waals surface area contributed by atoms with E-state index >= 15 is 0 Å². The molecule has 4 rings (SSSR count). The highest BCUT2D eigenvalue weighted by Gasteiger charge is 2.30. The maximum Gasteiger partial charge on any atom is 0.416 e. The molecular weight excluding hydrogens is 413 g/mol. The van der Waals surface area contributed by atoms with Crippen LogP contribution < -0.4 is 10.1 Å². The molecular formula is C22H19F3N2O2S. The molecule has 0 unspecified atom stereocenters. The molecule has 8 heteroatoms. The Bertz CT molecular complexity index is 1010. The summed E-state index contributed by atoms with van der Waals surface area (Å²) in [5.41, 5.74) is 0.151. The molecule has 2 aromatic rings. The number of halogens is 3. The van der Waals surface area contributed by atoms with Crippen molar-refractivity contribution in [1.82, 2.24) is 5.32 Å². The number of ether oxygens (including phenoxy) is 1. The van der Waals surface area contributed by atoms with Gasteiger partial charge in [0.1, 0.15) is 5.75 Å². The van der Waals surface area contributed by atoms with Crippen LogP contribution in [0.5, 0.6) is 5.75 Å². The summed E-state index contributed by atoms with van der Waals surface area (Å²) in [6, 6.07) is 12.2. The zero-order valence-electron chi connectivity index (χ0n) is 15.9. The van der Waals surface area contributed by atoms with Crippen molar-refractivity contribution < 1.29 is 22.7 Å². The van der Waals surface area contributed by atoms with Gasteiger partial charge in [-0.15, -0.1) is 0 Å². The van der Waals surface area contributed by atoms with Crippen LogP contribution in [0, 0.1) is 0 Å². The fraction of sp³-hybridized carbons (Fsp3) is 0.273. The van der Waals surface area contributed by atoms with Gasteiger partial charge in [-0.25, -0.2) is 4.99 Å². The van der Waals surface area contributed by atoms with E-state index in [4.69, 9.17) is 4.74 Å². The van der Waals surface area contributed by atoms with Crippen molar-refractivity contribution in [3.8, 4) is 5.75 Å². The minimum Gasteiger partial charge on any atom is -0.490 e. The van der Waals surface area contributed by atoms with Crippen molar-refractivity contribution in [2.45, 2.75) is 38.0 Å². The number of carbonyl (C=O) groups is 1. The van der Waals surface area contributed by atoms with E-state index in [1.54, 1.807) is 6.08 Å². The van der Waals surface area contributed by atoms with Crippen molar-refractivity contribution in [1.29, 1.82) is 0 Å². The third-order valence-electron chi connectivity index (χ3n) is 4.82. The van der Waals surface area contributed by atoms with Gasteiger partial charge in [0.05, 0.1) is 22.3 Å². The summed E-state index contributed by atoms with van der Waals surface area (Å²) < 4.78 is 44.6. The molecule has 0 bridgehead atoms. The summed E-state index contributed by atoms with van der Waals surface area (Å²) in [6.07, 6.45) is 1.98. The van der Waals surface area contributed by atoms with E-state index in [0.717, 1.165) is 48.0 Å². The highest BCUT2D eigenvalue weighted by molar-refractivity contribution is 8.18. The summed E-state index contributed by atoms with van der Waals surface area (Å²) >= 11 is 1.09. The molecule has 1 aliphatic carbocycles. The molecule has 2 aromatic carbocycles. The predicted octanol–water partition coefficient (Wildman–Crippen LogP) is 5.92. The summed E-state index contributed by atoms with van der Waals surface area (Å²) in [6.45, 7) is 0. The summed E-state index contributed by atoms with van der Waals surface area (Å²) in [5, 5.41) is 2.84. The highest BCUT2D eigenvalue weighted by atomic mass is 32.2. The second kappa shape index (κ2) is 8.55. The standard InChI is InChI=1S/C22H19F3N2O2S/c23-22(24,25)15-6-4-7-16(13-15)26-21-27-20(28)19(30-21)12-14-5-3-10-18(11-14)29-17-8-1-2-9-17/h3-7,10-13,17H,1-2,8-9H2,(H,26,27,28). The third-order valence-corrected chi connectivity index (χ3v) is 5.73. The molecule has 0 spiro atoms. The van der Waals surface area contributed by atoms with Gasteiger partial charge in [-0.3, -0.25) is 4.79 Å². The van der Waals surface area contributed by atoms with E-state index in [0.29, 0.717) is 4.91 Å². The molecule has 2 aliphatic rings. The van der Waals surface area contributed by atoms with Crippen molar-refractivity contribution in [2.24, 2.45) is 4.99 Å². The molecule has 1 saturated carbocycles. The minimum absolute atomic E-state index is 0.126. The first-order valence-electron chi connectivity index (χ1n) is 9.60. The smallest absolute Gasteiger partial charge is 0.416 e. The Balaban J connectivity index is 1.50. The summed E-state index contributed by atoms with van der Waals surface area (Å²) in [7, 11) is 0. The first-order valence-corrected chi connectivity index (χ1v) is 10.4. The molecule has 1 N–H and O–H groups in total. The number of nitrogens with one attached hydrogen (secondary N) is 1. The predicted molar refractivity (Wildman–Crippen MR) is 112 cm³/mol. The minimum atomic E-state index is -4.45. The molecule has 0 atom stereocenters. The second-order valence-corrected chi connectivity index (χ2v) is 8.16. The molecule has 30 heavy (non-hydrogen) atoms. The van der Waals surface area contributed by atoms with Crippen LogP contribution in [0.25, 0.3) is 6.08 Å². The van der Waals surface area contributed by atoms with E-state index in [-0.39, 0.29) is 22.9 Å². The van der Waals surface area contributed by atoms with Gasteiger partial charge < -0.3 is 10.1 Å². The van der Waals surface area contributed by atoms with Crippen LogP contribution in [0.2, 0.25) is 0 Å². The first-order chi connectivity index (χ1) is 14.4. The van der Waals surface area contributed by atoms with Crippen LogP contribution in [-0.4, -0.2) is 17.2 Å². The van der Waals surface area contributed by atoms with Crippen molar-refractivity contribution in [3.05, 3.63) is 64.6 Å². The number of nitrogens with zero attached hydrogens (tertiary/aromatic N) is 1. The van der Waals surface area contributed by atoms with Crippen LogP contribution in [0.1, 0.15) is 36.8 Å². The van der Waals surface area contributed by atoms with Gasteiger partial charge >= 0.3 is 6.18 Å². The maximum atomic E-state index is 12.9. The number of amidine groups is 1. The normalized spacial score (nSPS) is 20.2. The number of carbonyl (C=O) groups excluding carboxylic acids is 1. The molecule has 0 radical (unpaired) electrons. The van der Waals surface area contributed by atoms with Crippen molar-refractivity contribution >= 4 is 34.6 Å². The average Bonchev–Trinajstić information content (AvgIpc) is 3.32. The van der Waals surface area contributed by atoms with Gasteiger partial charge in [0.2, 0.25) is 0 Å². The van der Waals surface area contributed by atoms with Crippen molar-refractivity contribution in [3.63, 3.8) is 0 Å². The molecule has 4 nitrogen and oxygen atoms in total. The Hall–Kier alpha value is -2.74. The fourth-order valence-electron chi connectivity index (χ4n) is 3.38. The van der Waals surface area contributed by atoms with Crippen LogP contribution in [0.4, 0.5) is 18.9 Å². The fourth-order valence-corrected chi connectivity index (χ4v) is 4.22. The van der Waals surface area contributed by atoms with Gasteiger partial charge in [0, 0.05) is 0 Å². The lowest BCUT2D eigenvalue weighted by atomic mass is 10.2. The van der Waals surface area contributed by atoms with Gasteiger partial charge in [-0.1, -0.05) is 18.2 Å². The SMILES string of the molecule is O=C1NC(=Nc2cccc(C(F)(F)F)c2)SC1=Cc1cccc(OC2CCCC2)c1. The Morgan fingerprint density at radius 3 is 2.63 bits per heavy atom. The van der Waals surface area contributed by atoms with Crippen LogP contribution in [-0.2, 0) is 11.0 Å². The molecule has 1 heterocycles. The Kier molecular flexibility index (Phi) is 5.85. The van der Waals surface area contributed by atoms with E-state index in [1.807, 2.05) is 24.3 Å². The lowest BCUT2D eigenvalue weighted by molar-refractivity contribution is -0.137. The molecule has 2 fully saturated rings. The molecule has 1 amide bonds. The zero-order chi connectivity index (χ0) is 21.1. The number of alkyl halides is 3. The number of thioether (sulfide) groups is 1. The number of hydrogen-bond donors (Lipinski definition) is 1. The Morgan fingerprint density at radius 1 is 1.10 bits per heavy atom. The Labute approximate surface area is 176 Å². The third kappa shape index (κ3) is 5.05. The van der Waals surface area contributed by atoms with Gasteiger partial charge in [-0.2, -0.15) is 13.2 Å². The second-order valence-electron chi connectivity index (χ2n) is 7.13. The zero-order valence-corrected chi connectivity index (χ0v) is 16.7. The van der Waals surface area contributed by atoms with E-state index in [2.05, 4.69) is 10.3 Å². The topological polar surface area (TPSA) is 50.7 Å². The van der Waals surface area contributed by atoms with Gasteiger partial charge in [0.25, 0.3) is 5.91 Å². The molecule has 1 saturated heterocycles. The van der Waals surface area contributed by atoms with E-state index < -0.39 is 11.7 Å². The lowest BCUT2D eigenvalue weighted by Gasteiger charge is -2.13. The average molecular weight is 432 g/mol. The lowest BCUT2D eigenvalue weighted by Crippen LogP contribution is -2.19. The maximum absolute atomic E-state index is 12.9. The number of hydrogen-bond acceptors (Lipinski definition) is 4. The monoisotopic (exact) mass is 432 g/mol. The number of rotatable bonds is 4. The van der Waals surface area contributed by atoms with Crippen LogP contribution in [0.3, 0.4) is 0 Å².